The lowest BCUT2D eigenvalue weighted by molar-refractivity contribution is -0.130. The molecular weight excluding hydrogens is 280 g/mol. The van der Waals surface area contributed by atoms with Crippen molar-refractivity contribution in [3.63, 3.8) is 0 Å². The molecule has 3 rings (SSSR count). The fourth-order valence-corrected chi connectivity index (χ4v) is 3.22. The number of rotatable bonds is 4. The highest BCUT2D eigenvalue weighted by Gasteiger charge is 2.27. The monoisotopic (exact) mass is 304 g/mol. The first kappa shape index (κ1) is 15.2. The Hall–Kier alpha value is -1.75. The Labute approximate surface area is 131 Å². The topological polar surface area (TPSA) is 50.8 Å². The summed E-state index contributed by atoms with van der Waals surface area (Å²) >= 11 is 0. The summed E-state index contributed by atoms with van der Waals surface area (Å²) in [4.78, 5) is 14.5. The van der Waals surface area contributed by atoms with Gasteiger partial charge in [0.15, 0.2) is 0 Å². The van der Waals surface area contributed by atoms with E-state index < -0.39 is 0 Å². The van der Waals surface area contributed by atoms with E-state index in [4.69, 9.17) is 9.47 Å². The summed E-state index contributed by atoms with van der Waals surface area (Å²) in [5.74, 6) is 0.915. The van der Waals surface area contributed by atoms with Crippen LogP contribution in [0, 0.1) is 0 Å². The first-order chi connectivity index (χ1) is 10.8. The number of amides is 1. The molecule has 22 heavy (non-hydrogen) atoms. The van der Waals surface area contributed by atoms with E-state index in [1.807, 2.05) is 18.2 Å². The first-order valence-electron chi connectivity index (χ1n) is 8.07. The number of anilines is 1. The summed E-state index contributed by atoms with van der Waals surface area (Å²) in [5.41, 5.74) is 1.15. The highest BCUT2D eigenvalue weighted by molar-refractivity contribution is 5.81. The SMILES string of the molecule is COc1cccc(N2CCCC(NC(=O)C3CCCO3)C2)c1. The number of nitrogens with one attached hydrogen (secondary N) is 1. The highest BCUT2D eigenvalue weighted by Crippen LogP contribution is 2.24. The minimum Gasteiger partial charge on any atom is -0.497 e. The molecule has 2 unspecified atom stereocenters. The summed E-state index contributed by atoms with van der Waals surface area (Å²) in [5, 5.41) is 3.15. The van der Waals surface area contributed by atoms with E-state index in [-0.39, 0.29) is 18.1 Å². The van der Waals surface area contributed by atoms with Gasteiger partial charge in [-0.05, 0) is 37.8 Å². The first-order valence-corrected chi connectivity index (χ1v) is 8.07. The zero-order chi connectivity index (χ0) is 15.4. The van der Waals surface area contributed by atoms with E-state index in [9.17, 15) is 4.79 Å². The molecule has 120 valence electrons. The maximum atomic E-state index is 12.2. The Morgan fingerprint density at radius 1 is 1.36 bits per heavy atom. The summed E-state index contributed by atoms with van der Waals surface area (Å²) in [6.45, 7) is 2.56. The molecule has 2 saturated heterocycles. The van der Waals surface area contributed by atoms with Crippen LogP contribution in [0.1, 0.15) is 25.7 Å². The molecule has 1 amide bonds. The normalized spacial score (nSPS) is 25.0. The number of ether oxygens (including phenoxy) is 2. The van der Waals surface area contributed by atoms with Crippen molar-refractivity contribution < 1.29 is 14.3 Å². The van der Waals surface area contributed by atoms with Gasteiger partial charge in [0, 0.05) is 37.5 Å². The van der Waals surface area contributed by atoms with Gasteiger partial charge in [-0.1, -0.05) is 6.07 Å². The summed E-state index contributed by atoms with van der Waals surface area (Å²) in [6, 6.07) is 8.28. The number of benzene rings is 1. The summed E-state index contributed by atoms with van der Waals surface area (Å²) in [7, 11) is 1.68. The van der Waals surface area contributed by atoms with Crippen molar-refractivity contribution in [2.45, 2.75) is 37.8 Å². The van der Waals surface area contributed by atoms with Gasteiger partial charge in [-0.25, -0.2) is 0 Å². The Kier molecular flexibility index (Phi) is 4.83. The molecule has 1 N–H and O–H groups in total. The molecule has 0 radical (unpaired) electrons. The summed E-state index contributed by atoms with van der Waals surface area (Å²) in [6.07, 6.45) is 3.69. The number of methoxy groups -OCH3 is 1. The molecule has 2 fully saturated rings. The lowest BCUT2D eigenvalue weighted by atomic mass is 10.0. The number of piperidine rings is 1. The van der Waals surface area contributed by atoms with Crippen molar-refractivity contribution in [1.29, 1.82) is 0 Å². The van der Waals surface area contributed by atoms with Crippen LogP contribution in [-0.2, 0) is 9.53 Å². The van der Waals surface area contributed by atoms with Gasteiger partial charge >= 0.3 is 0 Å². The molecule has 0 aliphatic carbocycles. The van der Waals surface area contributed by atoms with Crippen LogP contribution in [0.15, 0.2) is 24.3 Å². The van der Waals surface area contributed by atoms with Crippen molar-refractivity contribution in [2.75, 3.05) is 31.7 Å². The van der Waals surface area contributed by atoms with Crippen molar-refractivity contribution in [3.05, 3.63) is 24.3 Å². The second kappa shape index (κ2) is 7.01. The molecule has 0 aromatic heterocycles. The van der Waals surface area contributed by atoms with Gasteiger partial charge in [0.1, 0.15) is 11.9 Å². The third-order valence-electron chi connectivity index (χ3n) is 4.41. The van der Waals surface area contributed by atoms with Crippen LogP contribution < -0.4 is 15.0 Å². The Morgan fingerprint density at radius 3 is 3.05 bits per heavy atom. The molecule has 0 bridgehead atoms. The van der Waals surface area contributed by atoms with E-state index >= 15 is 0 Å². The third kappa shape index (κ3) is 3.53. The van der Waals surface area contributed by atoms with Crippen molar-refractivity contribution in [2.24, 2.45) is 0 Å². The average Bonchev–Trinajstić information content (AvgIpc) is 3.10. The van der Waals surface area contributed by atoms with Crippen molar-refractivity contribution in [1.82, 2.24) is 5.32 Å². The molecule has 1 aromatic carbocycles. The fraction of sp³-hybridized carbons (Fsp3) is 0.588. The third-order valence-corrected chi connectivity index (χ3v) is 4.41. The maximum Gasteiger partial charge on any atom is 0.249 e. The fourth-order valence-electron chi connectivity index (χ4n) is 3.22. The van der Waals surface area contributed by atoms with Crippen LogP contribution in [0.4, 0.5) is 5.69 Å². The second-order valence-electron chi connectivity index (χ2n) is 6.00. The predicted molar refractivity (Wildman–Crippen MR) is 85.3 cm³/mol. The molecule has 2 heterocycles. The zero-order valence-electron chi connectivity index (χ0n) is 13.1. The van der Waals surface area contributed by atoms with Crippen LogP contribution in [-0.4, -0.2) is 44.9 Å². The molecule has 2 atom stereocenters. The average molecular weight is 304 g/mol. The number of hydrogen-bond donors (Lipinski definition) is 1. The Bertz CT molecular complexity index is 514. The van der Waals surface area contributed by atoms with E-state index in [1.54, 1.807) is 7.11 Å². The van der Waals surface area contributed by atoms with Crippen LogP contribution >= 0.6 is 0 Å². The molecular formula is C17H24N2O3. The van der Waals surface area contributed by atoms with Crippen LogP contribution in [0.3, 0.4) is 0 Å². The van der Waals surface area contributed by atoms with Crippen LogP contribution in [0.5, 0.6) is 5.75 Å². The summed E-state index contributed by atoms with van der Waals surface area (Å²) < 4.78 is 10.7. The molecule has 1 aromatic rings. The van der Waals surface area contributed by atoms with Gasteiger partial charge < -0.3 is 19.7 Å². The Morgan fingerprint density at radius 2 is 2.27 bits per heavy atom. The number of hydrogen-bond acceptors (Lipinski definition) is 4. The molecule has 5 heteroatoms. The van der Waals surface area contributed by atoms with Crippen LogP contribution in [0.2, 0.25) is 0 Å². The predicted octanol–water partition coefficient (Wildman–Crippen LogP) is 1.96. The largest absolute Gasteiger partial charge is 0.497 e. The van der Waals surface area contributed by atoms with E-state index in [0.717, 1.165) is 50.2 Å². The molecule has 0 saturated carbocycles. The number of nitrogens with zero attached hydrogens (tertiary/aromatic N) is 1. The van der Waals surface area contributed by atoms with Gasteiger partial charge in [0.05, 0.1) is 7.11 Å². The van der Waals surface area contributed by atoms with E-state index in [1.165, 1.54) is 0 Å². The van der Waals surface area contributed by atoms with Gasteiger partial charge in [-0.15, -0.1) is 0 Å². The van der Waals surface area contributed by atoms with Gasteiger partial charge in [-0.3, -0.25) is 4.79 Å². The lowest BCUT2D eigenvalue weighted by Gasteiger charge is -2.35. The van der Waals surface area contributed by atoms with Gasteiger partial charge in [0.25, 0.3) is 0 Å². The number of carbonyl (C=O) groups is 1. The van der Waals surface area contributed by atoms with E-state index in [2.05, 4.69) is 16.3 Å². The minimum atomic E-state index is -0.243. The minimum absolute atomic E-state index is 0.0509. The van der Waals surface area contributed by atoms with Crippen molar-refractivity contribution in [3.8, 4) is 5.75 Å². The van der Waals surface area contributed by atoms with E-state index in [0.29, 0.717) is 6.61 Å². The highest BCUT2D eigenvalue weighted by atomic mass is 16.5. The van der Waals surface area contributed by atoms with Crippen molar-refractivity contribution >= 4 is 11.6 Å². The molecule has 0 spiro atoms. The smallest absolute Gasteiger partial charge is 0.249 e. The standard InChI is InChI=1S/C17H24N2O3/c1-21-15-7-2-6-14(11-15)19-9-3-5-13(12-19)18-17(20)16-8-4-10-22-16/h2,6-7,11,13,16H,3-5,8-10,12H2,1H3,(H,18,20). The van der Waals surface area contributed by atoms with Crippen LogP contribution in [0.25, 0.3) is 0 Å². The zero-order valence-corrected chi connectivity index (χ0v) is 13.1. The maximum absolute atomic E-state index is 12.2. The second-order valence-corrected chi connectivity index (χ2v) is 6.00. The lowest BCUT2D eigenvalue weighted by Crippen LogP contribution is -2.50. The number of carbonyl (C=O) groups excluding carboxylic acids is 1. The molecule has 2 aliphatic rings. The quantitative estimate of drug-likeness (QED) is 0.924. The molecule has 5 nitrogen and oxygen atoms in total. The van der Waals surface area contributed by atoms with Gasteiger partial charge in [0.2, 0.25) is 5.91 Å². The Balaban J connectivity index is 1.59. The molecule has 2 aliphatic heterocycles. The van der Waals surface area contributed by atoms with Gasteiger partial charge in [-0.2, -0.15) is 0 Å².